The number of ether oxygens (including phenoxy) is 2. The second-order valence-corrected chi connectivity index (χ2v) is 7.38. The van der Waals surface area contributed by atoms with Gasteiger partial charge in [-0.05, 0) is 50.3 Å². The Labute approximate surface area is 170 Å². The average Bonchev–Trinajstić information content (AvgIpc) is 3.04. The van der Waals surface area contributed by atoms with Crippen LogP contribution in [-0.2, 0) is 22.7 Å². The third kappa shape index (κ3) is 4.44. The molecule has 0 amide bonds. The van der Waals surface area contributed by atoms with E-state index >= 15 is 0 Å². The number of hydrogen-bond acceptors (Lipinski definition) is 5. The van der Waals surface area contributed by atoms with E-state index in [0.29, 0.717) is 13.3 Å². The summed E-state index contributed by atoms with van der Waals surface area (Å²) in [5.74, 6) is 1.66. The van der Waals surface area contributed by atoms with Gasteiger partial charge in [-0.3, -0.25) is 4.79 Å². The number of nitrogens with one attached hydrogen (secondary N) is 1. The Morgan fingerprint density at radius 2 is 1.93 bits per heavy atom. The number of benzene rings is 1. The molecule has 2 heterocycles. The number of esters is 1. The summed E-state index contributed by atoms with van der Waals surface area (Å²) in [5.41, 5.74) is 1.02. The van der Waals surface area contributed by atoms with Gasteiger partial charge in [-0.1, -0.05) is 0 Å². The fourth-order valence-corrected chi connectivity index (χ4v) is 4.00. The number of nitrogens with zero attached hydrogens (tertiary/aromatic N) is 3. The molecule has 0 saturated carbocycles. The van der Waals surface area contributed by atoms with E-state index in [9.17, 15) is 4.79 Å². The number of quaternary nitrogens is 1. The maximum atomic E-state index is 11.9. The standard InChI is InChI=1S/C20H28N4O3S/c1-4-23-18(15-6-8-17(26-3)9-7-15)21-24(20(23)28)14-22-12-10-16(11-13-22)19(25)27-5-2/h6-9,16H,4-5,10-14H2,1-3H3/p+1. The van der Waals surface area contributed by atoms with Crippen LogP contribution in [0.5, 0.6) is 5.75 Å². The van der Waals surface area contributed by atoms with Crippen LogP contribution >= 0.6 is 12.2 Å². The van der Waals surface area contributed by atoms with Crippen LogP contribution in [0.25, 0.3) is 11.4 Å². The molecule has 0 unspecified atom stereocenters. The fraction of sp³-hybridized carbons (Fsp3) is 0.550. The number of carbonyl (C=O) groups is 1. The summed E-state index contributed by atoms with van der Waals surface area (Å²) in [5, 5.41) is 4.81. The first-order chi connectivity index (χ1) is 13.6. The molecule has 7 nitrogen and oxygen atoms in total. The molecule has 0 atom stereocenters. The van der Waals surface area contributed by atoms with E-state index < -0.39 is 0 Å². The molecule has 3 rings (SSSR count). The van der Waals surface area contributed by atoms with E-state index in [4.69, 9.17) is 26.8 Å². The maximum Gasteiger partial charge on any atom is 0.309 e. The third-order valence-electron chi connectivity index (χ3n) is 5.27. The van der Waals surface area contributed by atoms with Crippen LogP contribution in [-0.4, -0.2) is 47.1 Å². The Morgan fingerprint density at radius 3 is 2.50 bits per heavy atom. The first-order valence-corrected chi connectivity index (χ1v) is 10.3. The number of likely N-dealkylation sites (tertiary alicyclic amines) is 1. The van der Waals surface area contributed by atoms with E-state index in [1.807, 2.05) is 35.9 Å². The highest BCUT2D eigenvalue weighted by atomic mass is 32.1. The molecule has 0 spiro atoms. The molecule has 8 heteroatoms. The minimum Gasteiger partial charge on any atom is -0.497 e. The summed E-state index contributed by atoms with van der Waals surface area (Å²) in [6.07, 6.45) is 1.70. The monoisotopic (exact) mass is 405 g/mol. The maximum absolute atomic E-state index is 11.9. The van der Waals surface area contributed by atoms with Crippen molar-refractivity contribution in [1.82, 2.24) is 14.3 Å². The molecule has 2 aromatic rings. The lowest BCUT2D eigenvalue weighted by Crippen LogP contribution is -3.12. The second-order valence-electron chi connectivity index (χ2n) is 7.01. The Kier molecular flexibility index (Phi) is 6.85. The number of carbonyl (C=O) groups excluding carboxylic acids is 1. The van der Waals surface area contributed by atoms with Gasteiger partial charge in [0.25, 0.3) is 0 Å². The van der Waals surface area contributed by atoms with Gasteiger partial charge in [0.05, 0.1) is 32.7 Å². The first kappa shape index (κ1) is 20.5. The molecule has 152 valence electrons. The number of piperidine rings is 1. The summed E-state index contributed by atoms with van der Waals surface area (Å²) < 4.78 is 15.1. The minimum absolute atomic E-state index is 0.0275. The highest BCUT2D eigenvalue weighted by Crippen LogP contribution is 2.21. The Bertz CT molecular complexity index is 851. The molecule has 0 bridgehead atoms. The molecule has 1 aliphatic heterocycles. The van der Waals surface area contributed by atoms with Crippen LogP contribution in [0.2, 0.25) is 0 Å². The normalized spacial score (nSPS) is 19.4. The second kappa shape index (κ2) is 9.34. The Balaban J connectivity index is 1.72. The van der Waals surface area contributed by atoms with Crippen LogP contribution in [0.3, 0.4) is 0 Å². The van der Waals surface area contributed by atoms with Crippen LogP contribution < -0.4 is 9.64 Å². The lowest BCUT2D eigenvalue weighted by molar-refractivity contribution is -0.929. The topological polar surface area (TPSA) is 62.7 Å². The molecule has 1 fully saturated rings. The van der Waals surface area contributed by atoms with Crippen LogP contribution in [0.4, 0.5) is 0 Å². The number of aromatic nitrogens is 3. The van der Waals surface area contributed by atoms with Crippen molar-refractivity contribution in [3.63, 3.8) is 0 Å². The lowest BCUT2D eigenvalue weighted by atomic mass is 9.97. The molecule has 0 radical (unpaired) electrons. The molecule has 0 aliphatic carbocycles. The van der Waals surface area contributed by atoms with E-state index in [0.717, 1.165) is 54.4 Å². The van der Waals surface area contributed by atoms with Crippen molar-refractivity contribution >= 4 is 18.2 Å². The van der Waals surface area contributed by atoms with Crippen molar-refractivity contribution in [1.29, 1.82) is 0 Å². The lowest BCUT2D eigenvalue weighted by Gasteiger charge is -2.27. The number of rotatable bonds is 7. The fourth-order valence-electron chi connectivity index (χ4n) is 3.67. The van der Waals surface area contributed by atoms with Crippen LogP contribution in [0.1, 0.15) is 26.7 Å². The van der Waals surface area contributed by atoms with Crippen LogP contribution in [0, 0.1) is 10.7 Å². The SMILES string of the molecule is CCOC(=O)C1CC[NH+](Cn2nc(-c3ccc(OC)cc3)n(CC)c2=S)CC1. The van der Waals surface area contributed by atoms with Crippen molar-refractivity contribution in [2.75, 3.05) is 26.8 Å². The Hall–Kier alpha value is -2.19. The summed E-state index contributed by atoms with van der Waals surface area (Å²) in [6.45, 7) is 7.69. The Morgan fingerprint density at radius 1 is 1.25 bits per heavy atom. The highest BCUT2D eigenvalue weighted by molar-refractivity contribution is 7.71. The van der Waals surface area contributed by atoms with E-state index in [1.54, 1.807) is 7.11 Å². The molecular weight excluding hydrogens is 376 g/mol. The van der Waals surface area contributed by atoms with E-state index in [1.165, 1.54) is 4.90 Å². The zero-order valence-electron chi connectivity index (χ0n) is 16.8. The molecule has 1 N–H and O–H groups in total. The van der Waals surface area contributed by atoms with Crippen molar-refractivity contribution in [2.24, 2.45) is 5.92 Å². The van der Waals surface area contributed by atoms with Crippen molar-refractivity contribution in [3.8, 4) is 17.1 Å². The van der Waals surface area contributed by atoms with Gasteiger partial charge >= 0.3 is 5.97 Å². The highest BCUT2D eigenvalue weighted by Gasteiger charge is 2.29. The molecule has 1 aromatic carbocycles. The smallest absolute Gasteiger partial charge is 0.309 e. The quantitative estimate of drug-likeness (QED) is 0.563. The van der Waals surface area contributed by atoms with Crippen molar-refractivity contribution in [2.45, 2.75) is 39.9 Å². The molecular formula is C20H29N4O3S+. The molecule has 1 aliphatic rings. The zero-order chi connectivity index (χ0) is 20.1. The largest absolute Gasteiger partial charge is 0.497 e. The number of methoxy groups -OCH3 is 1. The van der Waals surface area contributed by atoms with E-state index in [-0.39, 0.29) is 11.9 Å². The van der Waals surface area contributed by atoms with Crippen LogP contribution in [0.15, 0.2) is 24.3 Å². The summed E-state index contributed by atoms with van der Waals surface area (Å²) >= 11 is 5.68. The summed E-state index contributed by atoms with van der Waals surface area (Å²) in [6, 6.07) is 7.87. The van der Waals surface area contributed by atoms with Gasteiger partial charge in [0.2, 0.25) is 4.77 Å². The minimum atomic E-state index is -0.0600. The molecule has 28 heavy (non-hydrogen) atoms. The molecule has 1 aromatic heterocycles. The van der Waals surface area contributed by atoms with Crippen molar-refractivity contribution < 1.29 is 19.2 Å². The predicted octanol–water partition coefficient (Wildman–Crippen LogP) is 1.93. The van der Waals surface area contributed by atoms with Gasteiger partial charge in [0.1, 0.15) is 5.75 Å². The van der Waals surface area contributed by atoms with Gasteiger partial charge < -0.3 is 18.9 Å². The third-order valence-corrected chi connectivity index (χ3v) is 5.70. The van der Waals surface area contributed by atoms with Gasteiger partial charge in [-0.25, -0.2) is 0 Å². The summed E-state index contributed by atoms with van der Waals surface area (Å²) in [7, 11) is 1.66. The summed E-state index contributed by atoms with van der Waals surface area (Å²) in [4.78, 5) is 13.3. The number of hydrogen-bond donors (Lipinski definition) is 1. The zero-order valence-corrected chi connectivity index (χ0v) is 17.6. The van der Waals surface area contributed by atoms with Gasteiger partial charge in [0.15, 0.2) is 12.5 Å². The van der Waals surface area contributed by atoms with Gasteiger partial charge in [0, 0.05) is 24.9 Å². The van der Waals surface area contributed by atoms with Crippen molar-refractivity contribution in [3.05, 3.63) is 29.0 Å². The van der Waals surface area contributed by atoms with E-state index in [2.05, 4.69) is 11.5 Å². The first-order valence-electron chi connectivity index (χ1n) is 9.89. The molecule has 1 saturated heterocycles. The predicted molar refractivity (Wildman–Crippen MR) is 109 cm³/mol. The van der Waals surface area contributed by atoms with Gasteiger partial charge in [-0.2, -0.15) is 4.68 Å². The van der Waals surface area contributed by atoms with Gasteiger partial charge in [-0.15, -0.1) is 5.10 Å². The average molecular weight is 406 g/mol.